The van der Waals surface area contributed by atoms with E-state index in [-0.39, 0.29) is 49.4 Å². The third-order valence-electron chi connectivity index (χ3n) is 9.18. The second-order valence-electron chi connectivity index (χ2n) is 13.5. The van der Waals surface area contributed by atoms with E-state index in [1.165, 1.54) is 6.92 Å². The number of aliphatic hydroxyl groups is 1. The zero-order valence-corrected chi connectivity index (χ0v) is 31.5. The number of hydrogen-bond acceptors (Lipinski definition) is 8. The number of nitrogens with one attached hydrogen (secondary N) is 3. The fourth-order valence-corrected chi connectivity index (χ4v) is 7.22. The molecule has 1 aliphatic rings. The Morgan fingerprint density at radius 3 is 2.24 bits per heavy atom. The van der Waals surface area contributed by atoms with Crippen LogP contribution in [0.4, 0.5) is 17.1 Å². The van der Waals surface area contributed by atoms with Crippen LogP contribution in [0.2, 0.25) is 0 Å². The Balaban J connectivity index is 1.08. The highest BCUT2D eigenvalue weighted by Crippen LogP contribution is 2.40. The van der Waals surface area contributed by atoms with Gasteiger partial charge in [-0.1, -0.05) is 72.8 Å². The molecular formula is C44H46N4O6S. The molecule has 0 bridgehead atoms. The van der Waals surface area contributed by atoms with Crippen molar-refractivity contribution in [3.8, 4) is 11.1 Å². The van der Waals surface area contributed by atoms with Gasteiger partial charge in [0.05, 0.1) is 30.2 Å². The van der Waals surface area contributed by atoms with Gasteiger partial charge < -0.3 is 36.3 Å². The van der Waals surface area contributed by atoms with Gasteiger partial charge in [0, 0.05) is 54.6 Å². The lowest BCUT2D eigenvalue weighted by Gasteiger charge is -2.36. The van der Waals surface area contributed by atoms with Crippen LogP contribution in [0.3, 0.4) is 0 Å². The molecule has 0 saturated carbocycles. The Bertz CT molecular complexity index is 2070. The van der Waals surface area contributed by atoms with Crippen molar-refractivity contribution in [3.63, 3.8) is 0 Å². The summed E-state index contributed by atoms with van der Waals surface area (Å²) < 4.78 is 13.2. The van der Waals surface area contributed by atoms with Crippen molar-refractivity contribution in [2.75, 3.05) is 22.1 Å². The third kappa shape index (κ3) is 11.5. The number of thioether (sulfide) groups is 1. The first kappa shape index (κ1) is 39.2. The summed E-state index contributed by atoms with van der Waals surface area (Å²) in [5.74, 6) is 0.288. The summed E-state index contributed by atoms with van der Waals surface area (Å²) in [4.78, 5) is 37.5. The normalized spacial score (nSPS) is 16.6. The zero-order valence-electron chi connectivity index (χ0n) is 30.7. The summed E-state index contributed by atoms with van der Waals surface area (Å²) in [6, 6.07) is 38.9. The predicted octanol–water partition coefficient (Wildman–Crippen LogP) is 8.15. The quantitative estimate of drug-likeness (QED) is 0.0530. The first-order valence-electron chi connectivity index (χ1n) is 18.3. The van der Waals surface area contributed by atoms with Crippen molar-refractivity contribution in [2.45, 2.75) is 69.2 Å². The Labute approximate surface area is 325 Å². The number of amides is 3. The molecule has 3 atom stereocenters. The monoisotopic (exact) mass is 758 g/mol. The van der Waals surface area contributed by atoms with Gasteiger partial charge in [-0.2, -0.15) is 0 Å². The van der Waals surface area contributed by atoms with Crippen molar-refractivity contribution in [3.05, 3.63) is 144 Å². The minimum Gasteiger partial charge on any atom is -0.397 e. The topological polar surface area (TPSA) is 152 Å². The molecule has 1 saturated heterocycles. The van der Waals surface area contributed by atoms with Crippen molar-refractivity contribution in [1.82, 2.24) is 5.32 Å². The van der Waals surface area contributed by atoms with E-state index < -0.39 is 6.29 Å². The molecule has 5 aromatic rings. The van der Waals surface area contributed by atoms with E-state index in [9.17, 15) is 19.5 Å². The molecule has 1 aliphatic heterocycles. The Morgan fingerprint density at radius 1 is 0.764 bits per heavy atom. The molecule has 1 fully saturated rings. The second kappa shape index (κ2) is 19.2. The molecule has 0 unspecified atom stereocenters. The van der Waals surface area contributed by atoms with Crippen LogP contribution in [0.1, 0.15) is 67.3 Å². The summed E-state index contributed by atoms with van der Waals surface area (Å²) in [6.07, 6.45) is 0.587. The molecule has 3 amide bonds. The standard InChI is InChI=1S/C44H46N4O6S/c1-29(50)47-36-19-21-38(22-20-36)55-28-37-25-41(32-17-15-30(27-49)16-18-32)54-44(53-37)35-10-5-9-34(24-35)33-8-4-7-31(23-33)26-46-42(51)13-6-14-43(52)48-40-12-3-2-11-39(40)45/h2-5,7-12,15-24,37,41,44,49H,6,13-14,25-28,45H2,1H3,(H,46,51)(H,47,50)(H,48,52)/t37-,41+,44+/m0/s1. The van der Waals surface area contributed by atoms with E-state index in [4.69, 9.17) is 15.2 Å². The van der Waals surface area contributed by atoms with Gasteiger partial charge in [0.2, 0.25) is 17.7 Å². The molecule has 6 rings (SSSR count). The molecule has 55 heavy (non-hydrogen) atoms. The number of anilines is 3. The fourth-order valence-electron chi connectivity index (χ4n) is 6.30. The lowest BCUT2D eigenvalue weighted by atomic mass is 9.99. The van der Waals surface area contributed by atoms with E-state index in [1.54, 1.807) is 36.0 Å². The SMILES string of the molecule is CC(=O)Nc1ccc(SC[C@@H]2C[C@H](c3ccc(CO)cc3)O[C@H](c3cccc(-c4cccc(CNC(=O)CCCC(=O)Nc5ccccc5N)c4)c3)O2)cc1. The lowest BCUT2D eigenvalue weighted by molar-refractivity contribution is -0.245. The van der Waals surface area contributed by atoms with Crippen molar-refractivity contribution < 1.29 is 29.0 Å². The average molecular weight is 759 g/mol. The average Bonchev–Trinajstić information content (AvgIpc) is 3.20. The predicted molar refractivity (Wildman–Crippen MR) is 217 cm³/mol. The van der Waals surface area contributed by atoms with Crippen LogP contribution in [-0.2, 0) is 37.0 Å². The van der Waals surface area contributed by atoms with Gasteiger partial charge in [0.15, 0.2) is 6.29 Å². The number of nitrogens with two attached hydrogens (primary N) is 1. The van der Waals surface area contributed by atoms with Gasteiger partial charge in [0.1, 0.15) is 0 Å². The lowest BCUT2D eigenvalue weighted by Crippen LogP contribution is -2.31. The zero-order chi connectivity index (χ0) is 38.6. The minimum absolute atomic E-state index is 0.0237. The first-order chi connectivity index (χ1) is 26.7. The Morgan fingerprint density at radius 2 is 1.49 bits per heavy atom. The fraction of sp³-hybridized carbons (Fsp3) is 0.250. The largest absolute Gasteiger partial charge is 0.397 e. The maximum Gasteiger partial charge on any atom is 0.224 e. The van der Waals surface area contributed by atoms with Gasteiger partial charge in [-0.05, 0) is 82.8 Å². The Hall–Kier alpha value is -5.46. The van der Waals surface area contributed by atoms with Crippen LogP contribution in [0, 0.1) is 0 Å². The molecule has 0 radical (unpaired) electrons. The number of hydrogen-bond donors (Lipinski definition) is 5. The van der Waals surface area contributed by atoms with Crippen LogP contribution < -0.4 is 21.7 Å². The third-order valence-corrected chi connectivity index (χ3v) is 10.3. The summed E-state index contributed by atoms with van der Waals surface area (Å²) in [5, 5.41) is 18.2. The summed E-state index contributed by atoms with van der Waals surface area (Å²) in [6.45, 7) is 1.83. The molecule has 10 nitrogen and oxygen atoms in total. The molecule has 5 aromatic carbocycles. The van der Waals surface area contributed by atoms with Gasteiger partial charge in [-0.25, -0.2) is 0 Å². The molecule has 0 spiro atoms. The summed E-state index contributed by atoms with van der Waals surface area (Å²) >= 11 is 1.69. The molecule has 6 N–H and O–H groups in total. The number of rotatable bonds is 15. The van der Waals surface area contributed by atoms with E-state index in [0.717, 1.165) is 44.0 Å². The minimum atomic E-state index is -0.612. The van der Waals surface area contributed by atoms with E-state index in [2.05, 4.69) is 28.1 Å². The molecular weight excluding hydrogens is 713 g/mol. The highest BCUT2D eigenvalue weighted by Gasteiger charge is 2.32. The van der Waals surface area contributed by atoms with Crippen molar-refractivity contribution in [2.24, 2.45) is 0 Å². The number of ether oxygens (including phenoxy) is 2. The number of benzene rings is 5. The summed E-state index contributed by atoms with van der Waals surface area (Å²) in [5.41, 5.74) is 13.4. The number of carbonyl (C=O) groups is 3. The molecule has 11 heteroatoms. The maximum absolute atomic E-state index is 12.6. The van der Waals surface area contributed by atoms with Gasteiger partial charge in [-0.3, -0.25) is 14.4 Å². The number of nitrogen functional groups attached to an aromatic ring is 1. The van der Waals surface area contributed by atoms with Crippen LogP contribution in [-0.4, -0.2) is 34.7 Å². The maximum atomic E-state index is 12.6. The van der Waals surface area contributed by atoms with E-state index in [1.807, 2.05) is 84.9 Å². The van der Waals surface area contributed by atoms with Crippen LogP contribution >= 0.6 is 11.8 Å². The summed E-state index contributed by atoms with van der Waals surface area (Å²) in [7, 11) is 0. The van der Waals surface area contributed by atoms with Gasteiger partial charge >= 0.3 is 0 Å². The highest BCUT2D eigenvalue weighted by molar-refractivity contribution is 7.99. The number of carbonyl (C=O) groups excluding carboxylic acids is 3. The number of para-hydroxylation sites is 2. The van der Waals surface area contributed by atoms with Gasteiger partial charge in [-0.15, -0.1) is 11.8 Å². The smallest absolute Gasteiger partial charge is 0.224 e. The molecule has 284 valence electrons. The molecule has 1 heterocycles. The molecule has 0 aromatic heterocycles. The molecule has 0 aliphatic carbocycles. The van der Waals surface area contributed by atoms with Crippen molar-refractivity contribution >= 4 is 46.5 Å². The Kier molecular flexibility index (Phi) is 13.7. The van der Waals surface area contributed by atoms with Crippen molar-refractivity contribution in [1.29, 1.82) is 0 Å². The van der Waals surface area contributed by atoms with E-state index in [0.29, 0.717) is 36.5 Å². The van der Waals surface area contributed by atoms with Crippen LogP contribution in [0.15, 0.2) is 126 Å². The number of aliphatic hydroxyl groups excluding tert-OH is 1. The van der Waals surface area contributed by atoms with Crippen LogP contribution in [0.25, 0.3) is 11.1 Å². The van der Waals surface area contributed by atoms with E-state index >= 15 is 0 Å². The van der Waals surface area contributed by atoms with Gasteiger partial charge in [0.25, 0.3) is 0 Å². The van der Waals surface area contributed by atoms with Crippen LogP contribution in [0.5, 0.6) is 0 Å². The highest BCUT2D eigenvalue weighted by atomic mass is 32.2. The first-order valence-corrected chi connectivity index (χ1v) is 19.3. The second-order valence-corrected chi connectivity index (χ2v) is 14.6.